The average Bonchev–Trinajstić information content (AvgIpc) is 2.68. The van der Waals surface area contributed by atoms with Crippen LogP contribution in [0.15, 0.2) is 59.8 Å². The number of H-pyrrole nitrogens is 1. The summed E-state index contributed by atoms with van der Waals surface area (Å²) in [7, 11) is 0. The summed E-state index contributed by atoms with van der Waals surface area (Å²) in [5.41, 5.74) is -0.0124. The highest BCUT2D eigenvalue weighted by Gasteiger charge is 2.23. The Morgan fingerprint density at radius 3 is 2.63 bits per heavy atom. The molecule has 0 fully saturated rings. The van der Waals surface area contributed by atoms with Crippen LogP contribution in [0.5, 0.6) is 5.75 Å². The van der Waals surface area contributed by atoms with Gasteiger partial charge in [0.1, 0.15) is 23.0 Å². The highest BCUT2D eigenvalue weighted by atomic mass is 19.1. The van der Waals surface area contributed by atoms with E-state index in [4.69, 9.17) is 4.74 Å². The van der Waals surface area contributed by atoms with Gasteiger partial charge in [0.05, 0.1) is 12.2 Å². The fourth-order valence-electron chi connectivity index (χ4n) is 2.41. The van der Waals surface area contributed by atoms with E-state index < -0.39 is 30.2 Å². The van der Waals surface area contributed by atoms with E-state index in [-0.39, 0.29) is 17.1 Å². The third-order valence-corrected chi connectivity index (χ3v) is 3.68. The molecule has 2 aromatic heterocycles. The normalized spacial score (nSPS) is 11.6. The fraction of sp³-hybridized carbons (Fsp3) is 0.111. The lowest BCUT2D eigenvalue weighted by molar-refractivity contribution is 0.0936. The third-order valence-electron chi connectivity index (χ3n) is 3.68. The lowest BCUT2D eigenvalue weighted by Gasteiger charge is -2.19. The highest BCUT2D eigenvalue weighted by Crippen LogP contribution is 2.25. The maximum absolute atomic E-state index is 14.3. The van der Waals surface area contributed by atoms with Gasteiger partial charge in [-0.1, -0.05) is 12.1 Å². The van der Waals surface area contributed by atoms with Gasteiger partial charge in [0, 0.05) is 12.4 Å². The number of alkyl halides is 1. The highest BCUT2D eigenvalue weighted by molar-refractivity contribution is 5.92. The molecule has 7 nitrogen and oxygen atoms in total. The lowest BCUT2D eigenvalue weighted by Crippen LogP contribution is -2.31. The predicted octanol–water partition coefficient (Wildman–Crippen LogP) is 2.13. The van der Waals surface area contributed by atoms with Crippen LogP contribution in [-0.4, -0.2) is 27.7 Å². The Morgan fingerprint density at radius 2 is 2.00 bits per heavy atom. The van der Waals surface area contributed by atoms with Crippen LogP contribution in [0.4, 0.5) is 8.78 Å². The van der Waals surface area contributed by atoms with Gasteiger partial charge in [-0.15, -0.1) is 0 Å². The first-order chi connectivity index (χ1) is 13.1. The van der Waals surface area contributed by atoms with E-state index in [9.17, 15) is 18.4 Å². The zero-order valence-corrected chi connectivity index (χ0v) is 13.9. The van der Waals surface area contributed by atoms with Gasteiger partial charge in [-0.05, 0) is 29.8 Å². The van der Waals surface area contributed by atoms with E-state index in [2.05, 4.69) is 20.3 Å². The molecule has 3 rings (SSSR count). The van der Waals surface area contributed by atoms with Crippen molar-refractivity contribution < 1.29 is 18.3 Å². The second kappa shape index (κ2) is 8.17. The Morgan fingerprint density at radius 1 is 1.22 bits per heavy atom. The molecule has 0 radical (unpaired) electrons. The quantitative estimate of drug-likeness (QED) is 0.691. The number of ether oxygens (including phenoxy) is 1. The summed E-state index contributed by atoms with van der Waals surface area (Å²) in [4.78, 5) is 33.7. The Balaban J connectivity index is 1.95. The standard InChI is InChI=1S/C18H14F2N4O3/c19-10-27-12-5-3-11(4-6-12)16(17-13(20)2-1-7-21-17)24-18(26)14-8-23-15(25)9-22-14/h1-9,16H,10H2,(H,23,25)(H,24,26)/t16-/m0/s1. The molecule has 1 amide bonds. The van der Waals surface area contributed by atoms with E-state index in [0.29, 0.717) is 5.56 Å². The van der Waals surface area contributed by atoms with Gasteiger partial charge in [0.2, 0.25) is 6.86 Å². The van der Waals surface area contributed by atoms with Crippen molar-refractivity contribution in [2.45, 2.75) is 6.04 Å². The summed E-state index contributed by atoms with van der Waals surface area (Å²) >= 11 is 0. The van der Waals surface area contributed by atoms with Gasteiger partial charge in [-0.3, -0.25) is 14.6 Å². The number of nitrogens with zero attached hydrogens (tertiary/aromatic N) is 2. The van der Waals surface area contributed by atoms with Gasteiger partial charge in [-0.2, -0.15) is 0 Å². The molecule has 0 saturated heterocycles. The zero-order valence-electron chi connectivity index (χ0n) is 13.9. The summed E-state index contributed by atoms with van der Waals surface area (Å²) in [6.07, 6.45) is 3.52. The largest absolute Gasteiger partial charge is 0.463 e. The van der Waals surface area contributed by atoms with Gasteiger partial charge in [-0.25, -0.2) is 13.8 Å². The number of aromatic nitrogens is 3. The molecule has 27 heavy (non-hydrogen) atoms. The molecule has 1 atom stereocenters. The van der Waals surface area contributed by atoms with Gasteiger partial charge >= 0.3 is 0 Å². The minimum Gasteiger partial charge on any atom is -0.463 e. The number of carbonyl (C=O) groups excluding carboxylic acids is 1. The van der Waals surface area contributed by atoms with E-state index in [1.165, 1.54) is 30.5 Å². The number of rotatable bonds is 6. The second-order valence-corrected chi connectivity index (χ2v) is 5.40. The van der Waals surface area contributed by atoms with Crippen LogP contribution in [0, 0.1) is 5.82 Å². The monoisotopic (exact) mass is 372 g/mol. The molecule has 0 aliphatic rings. The number of halogens is 2. The molecule has 2 N–H and O–H groups in total. The van der Waals surface area contributed by atoms with E-state index in [1.807, 2.05) is 0 Å². The molecule has 0 aliphatic carbocycles. The lowest BCUT2D eigenvalue weighted by atomic mass is 10.0. The van der Waals surface area contributed by atoms with Crippen molar-refractivity contribution in [1.29, 1.82) is 0 Å². The van der Waals surface area contributed by atoms with Crippen molar-refractivity contribution in [1.82, 2.24) is 20.3 Å². The van der Waals surface area contributed by atoms with Crippen LogP contribution >= 0.6 is 0 Å². The molecule has 0 spiro atoms. The van der Waals surface area contributed by atoms with Crippen molar-refractivity contribution in [2.75, 3.05) is 6.86 Å². The Kier molecular flexibility index (Phi) is 5.50. The number of hydrogen-bond donors (Lipinski definition) is 2. The van der Waals surface area contributed by atoms with Crippen LogP contribution in [0.3, 0.4) is 0 Å². The maximum atomic E-state index is 14.3. The van der Waals surface area contributed by atoms with Crippen molar-refractivity contribution in [3.63, 3.8) is 0 Å². The summed E-state index contributed by atoms with van der Waals surface area (Å²) in [6.45, 7) is -0.980. The molecule has 9 heteroatoms. The molecule has 0 bridgehead atoms. The molecular weight excluding hydrogens is 358 g/mol. The van der Waals surface area contributed by atoms with Crippen LogP contribution in [0.1, 0.15) is 27.8 Å². The zero-order chi connectivity index (χ0) is 19.2. The fourth-order valence-corrected chi connectivity index (χ4v) is 2.41. The number of hydrogen-bond acceptors (Lipinski definition) is 5. The molecule has 0 saturated carbocycles. The first-order valence-corrected chi connectivity index (χ1v) is 7.83. The summed E-state index contributed by atoms with van der Waals surface area (Å²) in [6, 6.07) is 7.82. The van der Waals surface area contributed by atoms with Crippen molar-refractivity contribution in [3.05, 3.63) is 88.1 Å². The number of nitrogens with one attached hydrogen (secondary N) is 2. The van der Waals surface area contributed by atoms with Crippen LogP contribution in [0.25, 0.3) is 0 Å². The predicted molar refractivity (Wildman–Crippen MR) is 91.4 cm³/mol. The van der Waals surface area contributed by atoms with Gasteiger partial charge in [0.25, 0.3) is 11.5 Å². The Bertz CT molecular complexity index is 972. The Labute approximate surface area is 152 Å². The minimum atomic E-state index is -0.980. The molecule has 2 heterocycles. The van der Waals surface area contributed by atoms with Crippen molar-refractivity contribution in [3.8, 4) is 5.75 Å². The molecule has 138 valence electrons. The van der Waals surface area contributed by atoms with Gasteiger partial charge < -0.3 is 15.0 Å². The van der Waals surface area contributed by atoms with E-state index in [1.54, 1.807) is 12.1 Å². The van der Waals surface area contributed by atoms with Crippen LogP contribution in [-0.2, 0) is 0 Å². The van der Waals surface area contributed by atoms with Crippen LogP contribution in [0.2, 0.25) is 0 Å². The molecular formula is C18H14F2N4O3. The number of carbonyl (C=O) groups is 1. The molecule has 3 aromatic rings. The third kappa shape index (κ3) is 4.32. The van der Waals surface area contributed by atoms with Crippen LogP contribution < -0.4 is 15.6 Å². The number of pyridine rings is 1. The molecule has 0 unspecified atom stereocenters. The summed E-state index contributed by atoms with van der Waals surface area (Å²) < 4.78 is 31.3. The SMILES string of the molecule is O=C(N[C@@H](c1ccc(OCF)cc1)c1ncccc1F)c1c[nH]c(=O)cn1. The van der Waals surface area contributed by atoms with Crippen molar-refractivity contribution >= 4 is 5.91 Å². The Hall–Kier alpha value is -3.62. The van der Waals surface area contributed by atoms with Gasteiger partial charge in [0.15, 0.2) is 0 Å². The summed E-state index contributed by atoms with van der Waals surface area (Å²) in [5, 5.41) is 2.64. The number of amides is 1. The average molecular weight is 372 g/mol. The number of benzene rings is 1. The maximum Gasteiger partial charge on any atom is 0.272 e. The van der Waals surface area contributed by atoms with E-state index >= 15 is 0 Å². The first kappa shape index (κ1) is 18.2. The van der Waals surface area contributed by atoms with E-state index in [0.717, 1.165) is 12.4 Å². The molecule has 0 aliphatic heterocycles. The topological polar surface area (TPSA) is 97.0 Å². The summed E-state index contributed by atoms with van der Waals surface area (Å²) in [5.74, 6) is -0.957. The first-order valence-electron chi connectivity index (χ1n) is 7.83. The number of aromatic amines is 1. The molecule has 1 aromatic carbocycles. The second-order valence-electron chi connectivity index (χ2n) is 5.40. The van der Waals surface area contributed by atoms with Crippen molar-refractivity contribution in [2.24, 2.45) is 0 Å². The minimum absolute atomic E-state index is 0.00515. The smallest absolute Gasteiger partial charge is 0.272 e.